The summed E-state index contributed by atoms with van der Waals surface area (Å²) >= 11 is 0. The highest BCUT2D eigenvalue weighted by molar-refractivity contribution is 5.97. The van der Waals surface area contributed by atoms with Crippen molar-refractivity contribution in [3.05, 3.63) is 48.8 Å². The molecule has 0 saturated heterocycles. The van der Waals surface area contributed by atoms with Crippen molar-refractivity contribution < 1.29 is 4.79 Å². The molecule has 3 N–H and O–H groups in total. The third-order valence-corrected chi connectivity index (χ3v) is 2.74. The Bertz CT molecular complexity index is 556. The zero-order valence-electron chi connectivity index (χ0n) is 11.1. The molecule has 0 bridgehead atoms. The van der Waals surface area contributed by atoms with E-state index < -0.39 is 5.54 Å². The lowest BCUT2D eigenvalue weighted by atomic mass is 10.1. The zero-order chi connectivity index (χ0) is 13.9. The molecule has 0 aliphatic carbocycles. The van der Waals surface area contributed by atoms with Crippen molar-refractivity contribution in [1.29, 1.82) is 0 Å². The number of hydrogen-bond acceptors (Lipinski definition) is 3. The number of nitrogens with zero attached hydrogens (tertiary/aromatic N) is 1. The van der Waals surface area contributed by atoms with Crippen LogP contribution in [0.25, 0.3) is 11.1 Å². The number of nitrogens with two attached hydrogens (primary N) is 1. The van der Waals surface area contributed by atoms with Gasteiger partial charge in [-0.15, -0.1) is 0 Å². The van der Waals surface area contributed by atoms with E-state index in [-0.39, 0.29) is 5.91 Å². The van der Waals surface area contributed by atoms with E-state index >= 15 is 0 Å². The summed E-state index contributed by atoms with van der Waals surface area (Å²) in [6, 6.07) is 11.5. The fourth-order valence-electron chi connectivity index (χ4n) is 1.58. The van der Waals surface area contributed by atoms with Gasteiger partial charge >= 0.3 is 0 Å². The van der Waals surface area contributed by atoms with Crippen molar-refractivity contribution in [2.24, 2.45) is 5.73 Å². The molecule has 2 aromatic rings. The molecule has 0 unspecified atom stereocenters. The van der Waals surface area contributed by atoms with Gasteiger partial charge in [0.1, 0.15) is 0 Å². The van der Waals surface area contributed by atoms with Gasteiger partial charge < -0.3 is 11.1 Å². The second-order valence-corrected chi connectivity index (χ2v) is 4.99. The normalized spacial score (nSPS) is 11.1. The number of carbonyl (C=O) groups is 1. The van der Waals surface area contributed by atoms with Crippen molar-refractivity contribution in [3.63, 3.8) is 0 Å². The number of carbonyl (C=O) groups excluding carboxylic acids is 1. The summed E-state index contributed by atoms with van der Waals surface area (Å²) in [5.41, 5.74) is 7.75. The number of pyridine rings is 1. The number of amides is 1. The standard InChI is InChI=1S/C15H17N3O/c1-15(2,16)14(19)18-13-5-3-11(4-6-13)12-7-9-17-10-8-12/h3-10H,16H2,1-2H3,(H,18,19). The predicted octanol–water partition coefficient (Wildman–Crippen LogP) is 2.42. The van der Waals surface area contributed by atoms with E-state index in [1.807, 2.05) is 36.4 Å². The number of hydrogen-bond donors (Lipinski definition) is 2. The van der Waals surface area contributed by atoms with E-state index in [4.69, 9.17) is 5.73 Å². The Kier molecular flexibility index (Phi) is 3.62. The molecular weight excluding hydrogens is 238 g/mol. The molecule has 1 aromatic heterocycles. The number of aromatic nitrogens is 1. The number of anilines is 1. The Labute approximate surface area is 112 Å². The molecule has 0 radical (unpaired) electrons. The van der Waals surface area contributed by atoms with Crippen LogP contribution < -0.4 is 11.1 Å². The van der Waals surface area contributed by atoms with Crippen LogP contribution in [-0.4, -0.2) is 16.4 Å². The first kappa shape index (κ1) is 13.2. The van der Waals surface area contributed by atoms with Crippen LogP contribution in [0.1, 0.15) is 13.8 Å². The summed E-state index contributed by atoms with van der Waals surface area (Å²) in [5.74, 6) is -0.204. The average Bonchev–Trinajstić information content (AvgIpc) is 2.39. The molecule has 0 spiro atoms. The quantitative estimate of drug-likeness (QED) is 0.885. The average molecular weight is 255 g/mol. The first-order valence-electron chi connectivity index (χ1n) is 6.07. The Morgan fingerprint density at radius 1 is 1.05 bits per heavy atom. The smallest absolute Gasteiger partial charge is 0.243 e. The molecule has 0 aliphatic rings. The van der Waals surface area contributed by atoms with Crippen molar-refractivity contribution in [2.45, 2.75) is 19.4 Å². The minimum atomic E-state index is -0.885. The van der Waals surface area contributed by atoms with Gasteiger partial charge in [-0.2, -0.15) is 0 Å². The lowest BCUT2D eigenvalue weighted by Gasteiger charge is -2.17. The lowest BCUT2D eigenvalue weighted by Crippen LogP contribution is -2.45. The molecule has 0 fully saturated rings. The van der Waals surface area contributed by atoms with E-state index in [0.717, 1.165) is 16.8 Å². The highest BCUT2D eigenvalue weighted by Gasteiger charge is 2.21. The van der Waals surface area contributed by atoms with E-state index in [2.05, 4.69) is 10.3 Å². The van der Waals surface area contributed by atoms with Gasteiger partial charge in [0, 0.05) is 18.1 Å². The van der Waals surface area contributed by atoms with Gasteiger partial charge in [-0.25, -0.2) is 0 Å². The largest absolute Gasteiger partial charge is 0.325 e. The molecule has 0 saturated carbocycles. The molecule has 1 amide bonds. The summed E-state index contributed by atoms with van der Waals surface area (Å²) in [6.07, 6.45) is 3.50. The minimum Gasteiger partial charge on any atom is -0.325 e. The molecule has 2 rings (SSSR count). The van der Waals surface area contributed by atoms with Crippen LogP contribution in [0.15, 0.2) is 48.8 Å². The zero-order valence-corrected chi connectivity index (χ0v) is 11.1. The van der Waals surface area contributed by atoms with Crippen LogP contribution in [0.4, 0.5) is 5.69 Å². The van der Waals surface area contributed by atoms with Crippen LogP contribution in [-0.2, 0) is 4.79 Å². The molecule has 4 heteroatoms. The predicted molar refractivity (Wildman–Crippen MR) is 76.6 cm³/mol. The maximum absolute atomic E-state index is 11.7. The maximum atomic E-state index is 11.7. The van der Waals surface area contributed by atoms with Crippen molar-refractivity contribution in [2.75, 3.05) is 5.32 Å². The Morgan fingerprint density at radius 2 is 1.58 bits per heavy atom. The molecule has 0 atom stereocenters. The van der Waals surface area contributed by atoms with Gasteiger partial charge in [0.15, 0.2) is 0 Å². The fourth-order valence-corrected chi connectivity index (χ4v) is 1.58. The number of nitrogens with one attached hydrogen (secondary N) is 1. The van der Waals surface area contributed by atoms with Crippen LogP contribution in [0.5, 0.6) is 0 Å². The topological polar surface area (TPSA) is 68.0 Å². The highest BCUT2D eigenvalue weighted by Crippen LogP contribution is 2.20. The summed E-state index contributed by atoms with van der Waals surface area (Å²) in [7, 11) is 0. The summed E-state index contributed by atoms with van der Waals surface area (Å²) in [5, 5.41) is 2.78. The van der Waals surface area contributed by atoms with Crippen LogP contribution in [0.2, 0.25) is 0 Å². The molecule has 1 heterocycles. The molecule has 1 aromatic carbocycles. The van der Waals surface area contributed by atoms with E-state index in [0.29, 0.717) is 0 Å². The van der Waals surface area contributed by atoms with Gasteiger partial charge in [0.2, 0.25) is 5.91 Å². The maximum Gasteiger partial charge on any atom is 0.243 e. The Balaban J connectivity index is 2.14. The van der Waals surface area contributed by atoms with Gasteiger partial charge in [-0.1, -0.05) is 12.1 Å². The summed E-state index contributed by atoms with van der Waals surface area (Å²) in [6.45, 7) is 3.35. The molecule has 19 heavy (non-hydrogen) atoms. The first-order chi connectivity index (χ1) is 8.97. The molecule has 0 aliphatic heterocycles. The number of benzene rings is 1. The third-order valence-electron chi connectivity index (χ3n) is 2.74. The minimum absolute atomic E-state index is 0.204. The molecule has 98 valence electrons. The summed E-state index contributed by atoms with van der Waals surface area (Å²) in [4.78, 5) is 15.7. The molecular formula is C15H17N3O. The van der Waals surface area contributed by atoms with E-state index in [1.165, 1.54) is 0 Å². The van der Waals surface area contributed by atoms with Crippen LogP contribution in [0.3, 0.4) is 0 Å². The van der Waals surface area contributed by atoms with Gasteiger partial charge in [-0.3, -0.25) is 9.78 Å². The van der Waals surface area contributed by atoms with Gasteiger partial charge in [-0.05, 0) is 49.2 Å². The number of rotatable bonds is 3. The fraction of sp³-hybridized carbons (Fsp3) is 0.200. The van der Waals surface area contributed by atoms with Crippen molar-refractivity contribution in [1.82, 2.24) is 4.98 Å². The van der Waals surface area contributed by atoms with E-state index in [1.54, 1.807) is 26.2 Å². The van der Waals surface area contributed by atoms with Crippen molar-refractivity contribution >= 4 is 11.6 Å². The monoisotopic (exact) mass is 255 g/mol. The highest BCUT2D eigenvalue weighted by atomic mass is 16.2. The van der Waals surface area contributed by atoms with Crippen LogP contribution in [0, 0.1) is 0 Å². The van der Waals surface area contributed by atoms with Crippen LogP contribution >= 0.6 is 0 Å². The lowest BCUT2D eigenvalue weighted by molar-refractivity contribution is -0.120. The SMILES string of the molecule is CC(C)(N)C(=O)Nc1ccc(-c2ccncc2)cc1. The second kappa shape index (κ2) is 5.20. The van der Waals surface area contributed by atoms with Crippen molar-refractivity contribution in [3.8, 4) is 11.1 Å². The van der Waals surface area contributed by atoms with Gasteiger partial charge in [0.25, 0.3) is 0 Å². The molecule has 4 nitrogen and oxygen atoms in total. The second-order valence-electron chi connectivity index (χ2n) is 4.99. The van der Waals surface area contributed by atoms with Gasteiger partial charge in [0.05, 0.1) is 5.54 Å². The summed E-state index contributed by atoms with van der Waals surface area (Å²) < 4.78 is 0. The first-order valence-corrected chi connectivity index (χ1v) is 6.07. The Hall–Kier alpha value is -2.20. The van der Waals surface area contributed by atoms with E-state index in [9.17, 15) is 4.79 Å². The Morgan fingerprint density at radius 3 is 2.11 bits per heavy atom. The third kappa shape index (κ3) is 3.39.